The van der Waals surface area contributed by atoms with Crippen molar-refractivity contribution in [3.63, 3.8) is 0 Å². The van der Waals surface area contributed by atoms with Gasteiger partial charge in [-0.1, -0.05) is 32.0 Å². The molecule has 128 valence electrons. The third-order valence-electron chi connectivity index (χ3n) is 4.10. The van der Waals surface area contributed by atoms with Gasteiger partial charge < -0.3 is 14.7 Å². The molecular weight excluding hydrogens is 304 g/mol. The van der Waals surface area contributed by atoms with E-state index in [0.29, 0.717) is 18.1 Å². The molecule has 1 aromatic heterocycles. The van der Waals surface area contributed by atoms with Gasteiger partial charge in [-0.15, -0.1) is 0 Å². The Morgan fingerprint density at radius 3 is 2.75 bits per heavy atom. The fourth-order valence-electron chi connectivity index (χ4n) is 2.71. The maximum absolute atomic E-state index is 11.9. The summed E-state index contributed by atoms with van der Waals surface area (Å²) in [4.78, 5) is 18.2. The summed E-state index contributed by atoms with van der Waals surface area (Å²) in [5, 5.41) is 7.43. The maximum atomic E-state index is 11.9. The molecule has 0 bridgehead atoms. The predicted molar refractivity (Wildman–Crippen MR) is 93.1 cm³/mol. The van der Waals surface area contributed by atoms with E-state index < -0.39 is 0 Å². The summed E-state index contributed by atoms with van der Waals surface area (Å²) in [7, 11) is 0. The summed E-state index contributed by atoms with van der Waals surface area (Å²) >= 11 is 0. The summed E-state index contributed by atoms with van der Waals surface area (Å²) in [5.41, 5.74) is 1.71. The zero-order valence-electron chi connectivity index (χ0n) is 14.7. The predicted octanol–water partition coefficient (Wildman–Crippen LogP) is 3.67. The van der Waals surface area contributed by atoms with Crippen LogP contribution in [0.15, 0.2) is 28.8 Å². The highest BCUT2D eigenvalue weighted by Crippen LogP contribution is 2.27. The molecule has 24 heavy (non-hydrogen) atoms. The minimum atomic E-state index is -0.141. The average molecular weight is 328 g/mol. The van der Waals surface area contributed by atoms with E-state index in [1.807, 2.05) is 36.1 Å². The highest BCUT2D eigenvalue weighted by molar-refractivity contribution is 5.95. The Balaban J connectivity index is 1.74. The minimum Gasteiger partial charge on any atom is -0.374 e. The molecule has 2 aromatic rings. The molecule has 1 amide bonds. The van der Waals surface area contributed by atoms with Crippen LogP contribution < -0.4 is 10.2 Å². The smallest absolute Gasteiger partial charge is 0.248 e. The quantitative estimate of drug-likeness (QED) is 0.927. The molecule has 3 rings (SSSR count). The molecule has 2 heterocycles. The Hall–Kier alpha value is -2.37. The van der Waals surface area contributed by atoms with E-state index in [2.05, 4.69) is 36.2 Å². The van der Waals surface area contributed by atoms with E-state index in [0.717, 1.165) is 24.3 Å². The second-order valence-electron chi connectivity index (χ2n) is 7.27. The largest absolute Gasteiger partial charge is 0.374 e. The first-order chi connectivity index (χ1) is 11.3. The van der Waals surface area contributed by atoms with Crippen molar-refractivity contribution in [1.82, 2.24) is 10.1 Å². The van der Waals surface area contributed by atoms with Gasteiger partial charge in [-0.05, 0) is 31.5 Å². The van der Waals surface area contributed by atoms with Gasteiger partial charge in [0.05, 0.1) is 0 Å². The summed E-state index contributed by atoms with van der Waals surface area (Å²) in [6, 6.07) is 7.76. The Bertz CT molecular complexity index is 733. The summed E-state index contributed by atoms with van der Waals surface area (Å²) in [6.07, 6.45) is 1.55. The zero-order chi connectivity index (χ0) is 17.3. The van der Waals surface area contributed by atoms with Crippen molar-refractivity contribution in [2.45, 2.75) is 52.0 Å². The number of anilines is 2. The molecule has 0 radical (unpaired) electrons. The molecule has 1 N–H and O–H groups in total. The monoisotopic (exact) mass is 328 g/mol. The lowest BCUT2D eigenvalue weighted by atomic mass is 9.96. The lowest BCUT2D eigenvalue weighted by Crippen LogP contribution is -2.23. The highest BCUT2D eigenvalue weighted by Gasteiger charge is 2.24. The topological polar surface area (TPSA) is 71.3 Å². The molecule has 6 heteroatoms. The van der Waals surface area contributed by atoms with Crippen LogP contribution in [-0.2, 0) is 10.2 Å². The van der Waals surface area contributed by atoms with E-state index in [-0.39, 0.29) is 17.4 Å². The Kier molecular flexibility index (Phi) is 4.30. The standard InChI is InChI=1S/C18H24N4O2/c1-12(16-20-17(21-24-16)18(2,3)4)19-13-7-5-8-14(11-13)22-10-6-9-15(22)23/h5,7-8,11-12,19H,6,9-10H2,1-4H3/t12-/m1/s1. The van der Waals surface area contributed by atoms with Gasteiger partial charge in [-0.25, -0.2) is 0 Å². The van der Waals surface area contributed by atoms with Gasteiger partial charge in [0.1, 0.15) is 6.04 Å². The molecule has 0 saturated carbocycles. The van der Waals surface area contributed by atoms with Crippen LogP contribution in [0.25, 0.3) is 0 Å². The highest BCUT2D eigenvalue weighted by atomic mass is 16.5. The van der Waals surface area contributed by atoms with Crippen LogP contribution in [0.5, 0.6) is 0 Å². The molecule has 0 aliphatic carbocycles. The molecular formula is C18H24N4O2. The number of hydrogen-bond acceptors (Lipinski definition) is 5. The van der Waals surface area contributed by atoms with Crippen LogP contribution >= 0.6 is 0 Å². The second kappa shape index (κ2) is 6.26. The van der Waals surface area contributed by atoms with E-state index in [1.165, 1.54) is 0 Å². The van der Waals surface area contributed by atoms with Crippen molar-refractivity contribution in [3.8, 4) is 0 Å². The number of rotatable bonds is 4. The number of nitrogens with zero attached hydrogens (tertiary/aromatic N) is 3. The average Bonchev–Trinajstić information content (AvgIpc) is 3.15. The Labute approximate surface area is 142 Å². The van der Waals surface area contributed by atoms with Crippen molar-refractivity contribution in [3.05, 3.63) is 36.0 Å². The first-order valence-corrected chi connectivity index (χ1v) is 8.35. The number of carbonyl (C=O) groups excluding carboxylic acids is 1. The van der Waals surface area contributed by atoms with Crippen LogP contribution in [0.1, 0.15) is 58.3 Å². The van der Waals surface area contributed by atoms with Gasteiger partial charge in [0, 0.05) is 29.8 Å². The van der Waals surface area contributed by atoms with Crippen LogP contribution in [-0.4, -0.2) is 22.6 Å². The van der Waals surface area contributed by atoms with Crippen LogP contribution in [0.3, 0.4) is 0 Å². The van der Waals surface area contributed by atoms with Gasteiger partial charge in [0.2, 0.25) is 11.8 Å². The molecule has 1 fully saturated rings. The molecule has 6 nitrogen and oxygen atoms in total. The number of amides is 1. The van der Waals surface area contributed by atoms with E-state index in [4.69, 9.17) is 4.52 Å². The summed E-state index contributed by atoms with van der Waals surface area (Å²) in [5.74, 6) is 1.44. The summed E-state index contributed by atoms with van der Waals surface area (Å²) in [6.45, 7) is 8.92. The lowest BCUT2D eigenvalue weighted by molar-refractivity contribution is -0.117. The van der Waals surface area contributed by atoms with Crippen molar-refractivity contribution in [2.24, 2.45) is 0 Å². The van der Waals surface area contributed by atoms with Crippen molar-refractivity contribution < 1.29 is 9.32 Å². The Morgan fingerprint density at radius 1 is 1.33 bits per heavy atom. The number of benzene rings is 1. The molecule has 0 unspecified atom stereocenters. The molecule has 0 spiro atoms. The van der Waals surface area contributed by atoms with Crippen LogP contribution in [0, 0.1) is 0 Å². The molecule has 1 aliphatic heterocycles. The van der Waals surface area contributed by atoms with E-state index in [1.54, 1.807) is 0 Å². The molecule has 1 aliphatic rings. The first-order valence-electron chi connectivity index (χ1n) is 8.35. The van der Waals surface area contributed by atoms with Crippen molar-refractivity contribution >= 4 is 17.3 Å². The van der Waals surface area contributed by atoms with Gasteiger partial charge in [0.15, 0.2) is 5.82 Å². The normalized spacial score (nSPS) is 16.5. The molecule has 1 aromatic carbocycles. The van der Waals surface area contributed by atoms with Gasteiger partial charge in [-0.3, -0.25) is 4.79 Å². The molecule has 1 atom stereocenters. The SMILES string of the molecule is C[C@@H](Nc1cccc(N2CCCC2=O)c1)c1nc(C(C)(C)C)no1. The van der Waals surface area contributed by atoms with Gasteiger partial charge >= 0.3 is 0 Å². The van der Waals surface area contributed by atoms with E-state index >= 15 is 0 Å². The third-order valence-corrected chi connectivity index (χ3v) is 4.10. The summed E-state index contributed by atoms with van der Waals surface area (Å²) < 4.78 is 5.38. The number of nitrogens with one attached hydrogen (secondary N) is 1. The van der Waals surface area contributed by atoms with E-state index in [9.17, 15) is 4.79 Å². The number of hydrogen-bond donors (Lipinski definition) is 1. The number of aromatic nitrogens is 2. The second-order valence-corrected chi connectivity index (χ2v) is 7.27. The Morgan fingerprint density at radius 2 is 2.12 bits per heavy atom. The van der Waals surface area contributed by atoms with Gasteiger partial charge in [0.25, 0.3) is 0 Å². The fraction of sp³-hybridized carbons (Fsp3) is 0.500. The molecule has 1 saturated heterocycles. The lowest BCUT2D eigenvalue weighted by Gasteiger charge is -2.18. The first kappa shape index (κ1) is 16.5. The number of carbonyl (C=O) groups is 1. The van der Waals surface area contributed by atoms with Gasteiger partial charge in [-0.2, -0.15) is 4.98 Å². The van der Waals surface area contributed by atoms with Crippen LogP contribution in [0.2, 0.25) is 0 Å². The third kappa shape index (κ3) is 3.42. The minimum absolute atomic E-state index is 0.113. The maximum Gasteiger partial charge on any atom is 0.248 e. The van der Waals surface area contributed by atoms with Crippen molar-refractivity contribution in [1.29, 1.82) is 0 Å². The fourth-order valence-corrected chi connectivity index (χ4v) is 2.71. The van der Waals surface area contributed by atoms with Crippen LogP contribution in [0.4, 0.5) is 11.4 Å². The van der Waals surface area contributed by atoms with Crippen molar-refractivity contribution in [2.75, 3.05) is 16.8 Å². The zero-order valence-corrected chi connectivity index (χ0v) is 14.7.